The molecular weight excluding hydrogens is 230 g/mol. The van der Waals surface area contributed by atoms with Gasteiger partial charge in [0.1, 0.15) is 0 Å². The normalized spacial score (nSPS) is 25.1. The summed E-state index contributed by atoms with van der Waals surface area (Å²) in [6.07, 6.45) is 3.18. The summed E-state index contributed by atoms with van der Waals surface area (Å²) in [5.74, 6) is -0.293. The predicted molar refractivity (Wildman–Crippen MR) is 60.4 cm³/mol. The molecule has 2 heterocycles. The van der Waals surface area contributed by atoms with Crippen LogP contribution >= 0.6 is 11.6 Å². The van der Waals surface area contributed by atoms with Crippen LogP contribution in [0.25, 0.3) is 0 Å². The summed E-state index contributed by atoms with van der Waals surface area (Å²) >= 11 is 5.30. The maximum absolute atomic E-state index is 10.6. The van der Waals surface area contributed by atoms with Crippen molar-refractivity contribution in [3.05, 3.63) is 0 Å². The van der Waals surface area contributed by atoms with Crippen molar-refractivity contribution in [3.8, 4) is 0 Å². The lowest BCUT2D eigenvalue weighted by atomic mass is 10.0. The Morgan fingerprint density at radius 2 is 1.88 bits per heavy atom. The first kappa shape index (κ1) is 12.3. The van der Waals surface area contributed by atoms with Gasteiger partial charge in [-0.3, -0.25) is 4.79 Å². The number of ether oxygens (including phenoxy) is 2. The highest BCUT2D eigenvalue weighted by molar-refractivity contribution is 6.63. The third kappa shape index (κ3) is 3.17. The molecule has 0 amide bonds. The summed E-state index contributed by atoms with van der Waals surface area (Å²) in [7, 11) is 0. The molecular formula is C11H18ClNO3. The Morgan fingerprint density at radius 3 is 2.44 bits per heavy atom. The number of likely N-dealkylation sites (tertiary alicyclic amines) is 1. The minimum absolute atomic E-state index is 0.240. The van der Waals surface area contributed by atoms with Gasteiger partial charge in [-0.1, -0.05) is 0 Å². The molecule has 0 saturated carbocycles. The smallest absolute Gasteiger partial charge is 0.221 e. The average molecular weight is 248 g/mol. The van der Waals surface area contributed by atoms with Crippen molar-refractivity contribution in [3.63, 3.8) is 0 Å². The van der Waals surface area contributed by atoms with E-state index in [9.17, 15) is 4.79 Å². The van der Waals surface area contributed by atoms with Crippen LogP contribution in [0.5, 0.6) is 0 Å². The van der Waals surface area contributed by atoms with E-state index in [1.807, 2.05) is 0 Å². The van der Waals surface area contributed by atoms with Gasteiger partial charge in [-0.25, -0.2) is 0 Å². The minimum atomic E-state index is -0.293. The molecule has 2 saturated heterocycles. The lowest BCUT2D eigenvalue weighted by Gasteiger charge is -2.37. The highest BCUT2D eigenvalue weighted by atomic mass is 35.5. The maximum atomic E-state index is 10.6. The Hall–Kier alpha value is -0.160. The fraction of sp³-hybridized carbons (Fsp3) is 0.909. The Kier molecular flexibility index (Phi) is 4.19. The Labute approximate surface area is 101 Å². The molecule has 2 fully saturated rings. The molecule has 2 rings (SSSR count). The van der Waals surface area contributed by atoms with Crippen LogP contribution in [0.15, 0.2) is 0 Å². The number of nitrogens with zero attached hydrogens (tertiary/aromatic N) is 1. The van der Waals surface area contributed by atoms with Crippen molar-refractivity contribution in [1.29, 1.82) is 0 Å². The number of hydrogen-bond acceptors (Lipinski definition) is 4. The van der Waals surface area contributed by atoms with Crippen LogP contribution in [0.1, 0.15) is 25.7 Å². The van der Waals surface area contributed by atoms with Gasteiger partial charge in [0.25, 0.3) is 0 Å². The van der Waals surface area contributed by atoms with Crippen molar-refractivity contribution in [2.45, 2.75) is 31.5 Å². The van der Waals surface area contributed by atoms with Crippen molar-refractivity contribution < 1.29 is 14.3 Å². The molecule has 16 heavy (non-hydrogen) atoms. The van der Waals surface area contributed by atoms with E-state index >= 15 is 0 Å². The van der Waals surface area contributed by atoms with Crippen LogP contribution in [-0.2, 0) is 14.3 Å². The molecule has 0 radical (unpaired) electrons. The highest BCUT2D eigenvalue weighted by Crippen LogP contribution is 2.31. The lowest BCUT2D eigenvalue weighted by Crippen LogP contribution is -2.45. The maximum Gasteiger partial charge on any atom is 0.221 e. The van der Waals surface area contributed by atoms with E-state index in [-0.39, 0.29) is 11.0 Å². The SMILES string of the molecule is O=C(Cl)CCCN1CCC2(CC1)OCCO2. The zero-order valence-electron chi connectivity index (χ0n) is 9.41. The molecule has 0 N–H and O–H groups in total. The molecule has 0 atom stereocenters. The van der Waals surface area contributed by atoms with Gasteiger partial charge in [-0.2, -0.15) is 0 Å². The van der Waals surface area contributed by atoms with E-state index in [1.165, 1.54) is 0 Å². The minimum Gasteiger partial charge on any atom is -0.347 e. The third-order valence-corrected chi connectivity index (χ3v) is 3.47. The van der Waals surface area contributed by atoms with E-state index in [0.717, 1.165) is 52.1 Å². The second kappa shape index (κ2) is 5.45. The topological polar surface area (TPSA) is 38.8 Å². The van der Waals surface area contributed by atoms with E-state index in [1.54, 1.807) is 0 Å². The van der Waals surface area contributed by atoms with Gasteiger partial charge in [-0.05, 0) is 24.6 Å². The zero-order chi connectivity index (χ0) is 11.4. The average Bonchev–Trinajstić information content (AvgIpc) is 2.70. The van der Waals surface area contributed by atoms with Crippen molar-refractivity contribution in [2.24, 2.45) is 0 Å². The van der Waals surface area contributed by atoms with Crippen LogP contribution < -0.4 is 0 Å². The monoisotopic (exact) mass is 247 g/mol. The van der Waals surface area contributed by atoms with Crippen LogP contribution in [0, 0.1) is 0 Å². The van der Waals surface area contributed by atoms with Crippen molar-refractivity contribution in [1.82, 2.24) is 4.90 Å². The molecule has 0 bridgehead atoms. The Balaban J connectivity index is 1.67. The summed E-state index contributed by atoms with van der Waals surface area (Å²) in [5, 5.41) is -0.240. The first-order valence-electron chi connectivity index (χ1n) is 5.89. The first-order valence-corrected chi connectivity index (χ1v) is 6.27. The molecule has 0 aromatic heterocycles. The van der Waals surface area contributed by atoms with E-state index < -0.39 is 0 Å². The van der Waals surface area contributed by atoms with E-state index in [4.69, 9.17) is 21.1 Å². The van der Waals surface area contributed by atoms with Gasteiger partial charge in [0.2, 0.25) is 5.24 Å². The number of piperidine rings is 1. The molecule has 0 aromatic rings. The first-order chi connectivity index (χ1) is 7.70. The molecule has 4 nitrogen and oxygen atoms in total. The lowest BCUT2D eigenvalue weighted by molar-refractivity contribution is -0.185. The van der Waals surface area contributed by atoms with Gasteiger partial charge < -0.3 is 14.4 Å². The van der Waals surface area contributed by atoms with Gasteiger partial charge in [-0.15, -0.1) is 0 Å². The molecule has 92 valence electrons. The standard InChI is InChI=1S/C11H18ClNO3/c12-10(14)2-1-5-13-6-3-11(4-7-13)15-8-9-16-11/h1-9H2. The molecule has 0 aliphatic carbocycles. The van der Waals surface area contributed by atoms with Crippen molar-refractivity contribution >= 4 is 16.8 Å². The number of carbonyl (C=O) groups excluding carboxylic acids is 1. The molecule has 0 unspecified atom stereocenters. The summed E-state index contributed by atoms with van der Waals surface area (Å²) in [4.78, 5) is 12.9. The fourth-order valence-electron chi connectivity index (χ4n) is 2.34. The summed E-state index contributed by atoms with van der Waals surface area (Å²) in [6, 6.07) is 0. The summed E-state index contributed by atoms with van der Waals surface area (Å²) in [5.41, 5.74) is 0. The van der Waals surface area contributed by atoms with Crippen LogP contribution in [-0.4, -0.2) is 48.8 Å². The zero-order valence-corrected chi connectivity index (χ0v) is 10.2. The van der Waals surface area contributed by atoms with Crippen LogP contribution in [0.2, 0.25) is 0 Å². The molecule has 5 heteroatoms. The molecule has 0 aromatic carbocycles. The second-order valence-electron chi connectivity index (χ2n) is 4.41. The van der Waals surface area contributed by atoms with Crippen molar-refractivity contribution in [2.75, 3.05) is 32.8 Å². The Morgan fingerprint density at radius 1 is 1.25 bits per heavy atom. The largest absolute Gasteiger partial charge is 0.347 e. The van der Waals surface area contributed by atoms with Crippen LogP contribution in [0.4, 0.5) is 0 Å². The van der Waals surface area contributed by atoms with E-state index in [2.05, 4.69) is 4.90 Å². The van der Waals surface area contributed by atoms with Gasteiger partial charge in [0, 0.05) is 32.4 Å². The predicted octanol–water partition coefficient (Wildman–Crippen LogP) is 1.37. The Bertz CT molecular complexity index is 244. The van der Waals surface area contributed by atoms with Gasteiger partial charge in [0.15, 0.2) is 5.79 Å². The van der Waals surface area contributed by atoms with E-state index in [0.29, 0.717) is 6.42 Å². The summed E-state index contributed by atoms with van der Waals surface area (Å²) in [6.45, 7) is 4.35. The number of carbonyl (C=O) groups is 1. The van der Waals surface area contributed by atoms with Gasteiger partial charge >= 0.3 is 0 Å². The summed E-state index contributed by atoms with van der Waals surface area (Å²) < 4.78 is 11.3. The highest BCUT2D eigenvalue weighted by Gasteiger charge is 2.39. The molecule has 2 aliphatic heterocycles. The molecule has 2 aliphatic rings. The van der Waals surface area contributed by atoms with Crippen LogP contribution in [0.3, 0.4) is 0 Å². The molecule has 1 spiro atoms. The number of rotatable bonds is 4. The van der Waals surface area contributed by atoms with Gasteiger partial charge in [0.05, 0.1) is 13.2 Å². The number of hydrogen-bond donors (Lipinski definition) is 0. The third-order valence-electron chi connectivity index (χ3n) is 3.28. The quantitative estimate of drug-likeness (QED) is 0.704. The second-order valence-corrected chi connectivity index (χ2v) is 4.83. The number of halogens is 1. The fourth-order valence-corrected chi connectivity index (χ4v) is 2.48.